The minimum absolute atomic E-state index is 0.997. The van der Waals surface area contributed by atoms with E-state index in [1.165, 1.54) is 68.9 Å². The van der Waals surface area contributed by atoms with Crippen molar-refractivity contribution in [1.29, 1.82) is 0 Å². The van der Waals surface area contributed by atoms with Crippen LogP contribution < -0.4 is 0 Å². The summed E-state index contributed by atoms with van der Waals surface area (Å²) in [5, 5.41) is 0. The second kappa shape index (κ2) is 11.1. The molecule has 0 N–H and O–H groups in total. The van der Waals surface area contributed by atoms with E-state index in [9.17, 15) is 0 Å². The van der Waals surface area contributed by atoms with E-state index in [-0.39, 0.29) is 0 Å². The third-order valence-electron chi connectivity index (χ3n) is 3.81. The Bertz CT molecular complexity index is 296. The molecule has 0 aromatic heterocycles. The van der Waals surface area contributed by atoms with E-state index in [1.54, 1.807) is 0 Å². The molecule has 0 bridgehead atoms. The van der Waals surface area contributed by atoms with Crippen LogP contribution in [-0.4, -0.2) is 0 Å². The molecule has 1 rings (SSSR count). The zero-order chi connectivity index (χ0) is 13.8. The van der Waals surface area contributed by atoms with Gasteiger partial charge in [0.05, 0.1) is 0 Å². The molecule has 0 spiro atoms. The summed E-state index contributed by atoms with van der Waals surface area (Å²) >= 11 is 0. The molecule has 0 saturated heterocycles. The van der Waals surface area contributed by atoms with E-state index in [1.807, 2.05) is 0 Å². The number of unbranched alkanes of at least 4 members (excludes halogenated alkanes) is 7. The number of rotatable bonds is 11. The summed E-state index contributed by atoms with van der Waals surface area (Å²) in [7, 11) is 0. The summed E-state index contributed by atoms with van der Waals surface area (Å²) in [4.78, 5) is 0. The van der Waals surface area contributed by atoms with Crippen molar-refractivity contribution in [1.82, 2.24) is 0 Å². The zero-order valence-electron chi connectivity index (χ0n) is 12.8. The van der Waals surface area contributed by atoms with Gasteiger partial charge in [0.1, 0.15) is 0 Å². The topological polar surface area (TPSA) is 0 Å². The van der Waals surface area contributed by atoms with Crippen LogP contribution in [0, 0.1) is 6.92 Å². The van der Waals surface area contributed by atoms with Crippen molar-refractivity contribution in [3.05, 3.63) is 42.3 Å². The summed E-state index contributed by atoms with van der Waals surface area (Å²) < 4.78 is 0. The molecule has 107 valence electrons. The van der Waals surface area contributed by atoms with E-state index in [4.69, 9.17) is 0 Å². The van der Waals surface area contributed by atoms with Crippen molar-refractivity contribution < 1.29 is 0 Å². The SMILES string of the molecule is [CH2]CCc1ccc(CCCCCCCCCC)cc1. The Labute approximate surface area is 120 Å². The lowest BCUT2D eigenvalue weighted by Gasteiger charge is -2.04. The smallest absolute Gasteiger partial charge is 0.0279 e. The highest BCUT2D eigenvalue weighted by Gasteiger charge is 1.96. The van der Waals surface area contributed by atoms with Gasteiger partial charge in [-0.1, -0.05) is 83.1 Å². The summed E-state index contributed by atoms with van der Waals surface area (Å²) in [6, 6.07) is 9.13. The molecular weight excluding hydrogens is 228 g/mol. The van der Waals surface area contributed by atoms with Gasteiger partial charge >= 0.3 is 0 Å². The molecule has 1 radical (unpaired) electrons. The molecule has 0 heteroatoms. The van der Waals surface area contributed by atoms with E-state index in [2.05, 4.69) is 38.1 Å². The molecule has 0 unspecified atom stereocenters. The molecule has 1 aromatic carbocycles. The van der Waals surface area contributed by atoms with Crippen LogP contribution in [0.4, 0.5) is 0 Å². The molecule has 0 fully saturated rings. The second-order valence-electron chi connectivity index (χ2n) is 5.64. The van der Waals surface area contributed by atoms with Crippen molar-refractivity contribution in [3.8, 4) is 0 Å². The first kappa shape index (κ1) is 16.3. The second-order valence-corrected chi connectivity index (χ2v) is 5.64. The Morgan fingerprint density at radius 3 is 1.68 bits per heavy atom. The molecule has 0 aliphatic heterocycles. The molecule has 19 heavy (non-hydrogen) atoms. The van der Waals surface area contributed by atoms with Crippen LogP contribution in [0.15, 0.2) is 24.3 Å². The third kappa shape index (κ3) is 8.08. The maximum Gasteiger partial charge on any atom is -0.0279 e. The van der Waals surface area contributed by atoms with Crippen LogP contribution in [0.1, 0.15) is 75.8 Å². The maximum atomic E-state index is 3.90. The van der Waals surface area contributed by atoms with Crippen LogP contribution in [0.5, 0.6) is 0 Å². The molecule has 0 saturated carbocycles. The molecule has 1 aromatic rings. The van der Waals surface area contributed by atoms with Crippen molar-refractivity contribution in [2.75, 3.05) is 0 Å². The summed E-state index contributed by atoms with van der Waals surface area (Å²) in [6.07, 6.45) is 14.6. The summed E-state index contributed by atoms with van der Waals surface area (Å²) in [6.45, 7) is 6.18. The van der Waals surface area contributed by atoms with E-state index < -0.39 is 0 Å². The van der Waals surface area contributed by atoms with Gasteiger partial charge in [-0.05, 0) is 36.8 Å². The van der Waals surface area contributed by atoms with Gasteiger partial charge in [0.2, 0.25) is 0 Å². The van der Waals surface area contributed by atoms with E-state index >= 15 is 0 Å². The monoisotopic (exact) mass is 259 g/mol. The predicted molar refractivity (Wildman–Crippen MR) is 86.4 cm³/mol. The molecule has 0 nitrogen and oxygen atoms in total. The van der Waals surface area contributed by atoms with Gasteiger partial charge in [-0.15, -0.1) is 0 Å². The van der Waals surface area contributed by atoms with E-state index in [0.29, 0.717) is 0 Å². The van der Waals surface area contributed by atoms with Gasteiger partial charge in [0.25, 0.3) is 0 Å². The van der Waals surface area contributed by atoms with E-state index in [0.717, 1.165) is 12.8 Å². The fraction of sp³-hybridized carbons (Fsp3) is 0.632. The first-order chi connectivity index (χ1) is 9.36. The lowest BCUT2D eigenvalue weighted by Crippen LogP contribution is -1.88. The predicted octanol–water partition coefficient (Wildman–Crippen LogP) is 6.14. The van der Waals surface area contributed by atoms with Crippen LogP contribution in [0.3, 0.4) is 0 Å². The Balaban J connectivity index is 2.02. The van der Waals surface area contributed by atoms with Gasteiger partial charge in [-0.2, -0.15) is 0 Å². The Hall–Kier alpha value is -0.780. The molecular formula is C19H31. The highest BCUT2D eigenvalue weighted by Crippen LogP contribution is 2.12. The average molecular weight is 259 g/mol. The normalized spacial score (nSPS) is 10.8. The standard InChI is InChI=1S/C19H31/c1-3-5-6-7-8-9-10-11-13-19-16-14-18(12-4-2)15-17-19/h14-17H,2-13H2,1H3. The van der Waals surface area contributed by atoms with Crippen molar-refractivity contribution in [2.45, 2.75) is 77.6 Å². The first-order valence-corrected chi connectivity index (χ1v) is 8.24. The quantitative estimate of drug-likeness (QED) is 0.419. The molecule has 0 aliphatic rings. The minimum atomic E-state index is 0.997. The lowest BCUT2D eigenvalue weighted by atomic mass is 10.0. The van der Waals surface area contributed by atoms with Gasteiger partial charge in [0, 0.05) is 0 Å². The minimum Gasteiger partial charge on any atom is -0.0654 e. The van der Waals surface area contributed by atoms with Crippen molar-refractivity contribution >= 4 is 0 Å². The first-order valence-electron chi connectivity index (χ1n) is 8.24. The Kier molecular flexibility index (Phi) is 9.49. The number of hydrogen-bond acceptors (Lipinski definition) is 0. The molecule has 0 aliphatic carbocycles. The van der Waals surface area contributed by atoms with Gasteiger partial charge in [-0.3, -0.25) is 0 Å². The fourth-order valence-electron chi connectivity index (χ4n) is 2.54. The summed E-state index contributed by atoms with van der Waals surface area (Å²) in [5.74, 6) is 0. The highest BCUT2D eigenvalue weighted by molar-refractivity contribution is 5.22. The molecule has 0 amide bonds. The lowest BCUT2D eigenvalue weighted by molar-refractivity contribution is 0.575. The van der Waals surface area contributed by atoms with Gasteiger partial charge < -0.3 is 0 Å². The van der Waals surface area contributed by atoms with Crippen LogP contribution in [-0.2, 0) is 12.8 Å². The van der Waals surface area contributed by atoms with Crippen molar-refractivity contribution in [2.24, 2.45) is 0 Å². The molecule has 0 heterocycles. The van der Waals surface area contributed by atoms with Crippen LogP contribution >= 0.6 is 0 Å². The number of hydrogen-bond donors (Lipinski definition) is 0. The Morgan fingerprint density at radius 2 is 1.16 bits per heavy atom. The van der Waals surface area contributed by atoms with Gasteiger partial charge in [0.15, 0.2) is 0 Å². The van der Waals surface area contributed by atoms with Gasteiger partial charge in [-0.25, -0.2) is 0 Å². The maximum absolute atomic E-state index is 3.90. The average Bonchev–Trinajstić information content (AvgIpc) is 2.44. The number of aryl methyl sites for hydroxylation is 2. The fourth-order valence-corrected chi connectivity index (χ4v) is 2.54. The molecule has 0 atom stereocenters. The highest BCUT2D eigenvalue weighted by atomic mass is 14.0. The number of benzene rings is 1. The zero-order valence-corrected chi connectivity index (χ0v) is 12.8. The third-order valence-corrected chi connectivity index (χ3v) is 3.81. The van der Waals surface area contributed by atoms with Crippen LogP contribution in [0.25, 0.3) is 0 Å². The van der Waals surface area contributed by atoms with Crippen molar-refractivity contribution in [3.63, 3.8) is 0 Å². The summed E-state index contributed by atoms with van der Waals surface area (Å²) in [5.41, 5.74) is 2.92. The largest absolute Gasteiger partial charge is 0.0654 e. The Morgan fingerprint density at radius 1 is 0.684 bits per heavy atom. The van der Waals surface area contributed by atoms with Crippen LogP contribution in [0.2, 0.25) is 0 Å².